The SMILES string of the molecule is CC(=O)O[C@H]1CC[C@@]2(C)C(=CC[C@@H]3[C@H]4C[C@H]5O[C@@]6(CC[C@@H](C)CN6C(C)=O)[C@H](C)[C@H]5[C@@]4(C)CC[C@H]32)C1. The van der Waals surface area contributed by atoms with Crippen molar-refractivity contribution < 1.29 is 19.1 Å². The Balaban J connectivity index is 1.26. The number of fused-ring (bicyclic) bond motifs is 7. The van der Waals surface area contributed by atoms with Gasteiger partial charge in [-0.3, -0.25) is 9.59 Å². The third kappa shape index (κ3) is 3.36. The topological polar surface area (TPSA) is 55.8 Å². The predicted molar refractivity (Wildman–Crippen MR) is 139 cm³/mol. The van der Waals surface area contributed by atoms with E-state index in [1.54, 1.807) is 12.5 Å². The maximum atomic E-state index is 12.8. The second-order valence-corrected chi connectivity index (χ2v) is 14.1. The van der Waals surface area contributed by atoms with Crippen LogP contribution in [0.4, 0.5) is 0 Å². The third-order valence-electron chi connectivity index (χ3n) is 12.4. The fourth-order valence-electron chi connectivity index (χ4n) is 10.8. The molecular weight excluding hydrogens is 450 g/mol. The Kier molecular flexibility index (Phi) is 5.76. The summed E-state index contributed by atoms with van der Waals surface area (Å²) in [6, 6.07) is 0. The van der Waals surface area contributed by atoms with Crippen molar-refractivity contribution in [3.05, 3.63) is 11.6 Å². The lowest BCUT2D eigenvalue weighted by Crippen LogP contribution is -2.60. The number of rotatable bonds is 1. The van der Waals surface area contributed by atoms with E-state index < -0.39 is 0 Å². The molecule has 3 saturated carbocycles. The Morgan fingerprint density at radius 1 is 1.06 bits per heavy atom. The van der Waals surface area contributed by atoms with Gasteiger partial charge in [0.05, 0.1) is 6.10 Å². The number of hydrogen-bond acceptors (Lipinski definition) is 4. The number of nitrogens with zero attached hydrogens (tertiary/aromatic N) is 1. The van der Waals surface area contributed by atoms with E-state index in [2.05, 4.69) is 38.7 Å². The van der Waals surface area contributed by atoms with Crippen LogP contribution in [0.15, 0.2) is 11.6 Å². The largest absolute Gasteiger partial charge is 0.462 e. The van der Waals surface area contributed by atoms with E-state index in [0.717, 1.165) is 56.9 Å². The van der Waals surface area contributed by atoms with Crippen LogP contribution in [0.5, 0.6) is 0 Å². The van der Waals surface area contributed by atoms with Gasteiger partial charge in [-0.25, -0.2) is 0 Å². The summed E-state index contributed by atoms with van der Waals surface area (Å²) in [5.41, 5.74) is 1.70. The molecule has 0 aromatic carbocycles. The van der Waals surface area contributed by atoms with Crippen molar-refractivity contribution in [2.75, 3.05) is 6.54 Å². The first-order valence-corrected chi connectivity index (χ1v) is 14.8. The maximum absolute atomic E-state index is 12.8. The number of carbonyl (C=O) groups excluding carboxylic acids is 2. The fraction of sp³-hybridized carbons (Fsp3) is 0.871. The van der Waals surface area contributed by atoms with Crippen LogP contribution in [-0.4, -0.2) is 41.3 Å². The van der Waals surface area contributed by atoms with Crippen molar-refractivity contribution in [3.8, 4) is 0 Å². The van der Waals surface area contributed by atoms with Crippen molar-refractivity contribution >= 4 is 11.9 Å². The summed E-state index contributed by atoms with van der Waals surface area (Å²) in [5, 5.41) is 0. The number of carbonyl (C=O) groups is 2. The third-order valence-corrected chi connectivity index (χ3v) is 12.4. The number of allylic oxidation sites excluding steroid dienone is 1. The average molecular weight is 498 g/mol. The summed E-state index contributed by atoms with van der Waals surface area (Å²) in [5.74, 6) is 3.64. The molecule has 0 radical (unpaired) electrons. The second kappa shape index (κ2) is 8.32. The smallest absolute Gasteiger partial charge is 0.302 e. The lowest BCUT2D eigenvalue weighted by atomic mass is 9.46. The number of piperidine rings is 1. The monoisotopic (exact) mass is 497 g/mol. The van der Waals surface area contributed by atoms with Gasteiger partial charge in [-0.15, -0.1) is 0 Å². The molecule has 0 aromatic rings. The van der Waals surface area contributed by atoms with Crippen LogP contribution in [-0.2, 0) is 19.1 Å². The van der Waals surface area contributed by atoms with Gasteiger partial charge in [0.2, 0.25) is 5.91 Å². The number of ether oxygens (including phenoxy) is 2. The van der Waals surface area contributed by atoms with Crippen LogP contribution in [0.3, 0.4) is 0 Å². The van der Waals surface area contributed by atoms with Gasteiger partial charge in [0.1, 0.15) is 11.8 Å². The minimum Gasteiger partial charge on any atom is -0.462 e. The normalized spacial score (nSPS) is 51.6. The molecule has 2 saturated heterocycles. The molecule has 0 aromatic heterocycles. The summed E-state index contributed by atoms with van der Waals surface area (Å²) in [6.07, 6.45) is 13.0. The highest BCUT2D eigenvalue weighted by atomic mass is 16.5. The molecule has 0 unspecified atom stereocenters. The van der Waals surface area contributed by atoms with E-state index in [4.69, 9.17) is 9.47 Å². The van der Waals surface area contributed by atoms with Gasteiger partial charge in [0.25, 0.3) is 0 Å². The fourth-order valence-corrected chi connectivity index (χ4v) is 10.8. The molecular formula is C31H47NO4. The highest BCUT2D eigenvalue weighted by molar-refractivity contribution is 5.74. The van der Waals surface area contributed by atoms with E-state index in [0.29, 0.717) is 23.7 Å². The predicted octanol–water partition coefficient (Wildman–Crippen LogP) is 6.12. The first kappa shape index (κ1) is 24.9. The van der Waals surface area contributed by atoms with Gasteiger partial charge < -0.3 is 14.4 Å². The van der Waals surface area contributed by atoms with Crippen molar-refractivity contribution in [3.63, 3.8) is 0 Å². The zero-order valence-corrected chi connectivity index (χ0v) is 23.3. The lowest BCUT2D eigenvalue weighted by molar-refractivity contribution is -0.200. The number of esters is 1. The first-order valence-electron chi connectivity index (χ1n) is 14.8. The maximum Gasteiger partial charge on any atom is 0.302 e. The van der Waals surface area contributed by atoms with Crippen molar-refractivity contribution in [2.24, 2.45) is 46.3 Å². The van der Waals surface area contributed by atoms with Gasteiger partial charge in [0.15, 0.2) is 0 Å². The number of hydrogen-bond donors (Lipinski definition) is 0. The van der Waals surface area contributed by atoms with Crippen molar-refractivity contribution in [2.45, 2.75) is 117 Å². The van der Waals surface area contributed by atoms with Crippen LogP contribution in [0.1, 0.15) is 99.3 Å². The van der Waals surface area contributed by atoms with Gasteiger partial charge in [-0.2, -0.15) is 0 Å². The second-order valence-electron chi connectivity index (χ2n) is 14.1. The zero-order chi connectivity index (χ0) is 25.6. The van der Waals surface area contributed by atoms with E-state index in [-0.39, 0.29) is 40.6 Å². The molecule has 0 N–H and O–H groups in total. The van der Waals surface area contributed by atoms with Gasteiger partial charge in [-0.05, 0) is 91.8 Å². The Morgan fingerprint density at radius 3 is 2.56 bits per heavy atom. The highest BCUT2D eigenvalue weighted by Crippen LogP contribution is 2.70. The number of likely N-dealkylation sites (tertiary alicyclic amines) is 1. The van der Waals surface area contributed by atoms with Crippen LogP contribution >= 0.6 is 0 Å². The molecule has 0 bridgehead atoms. The summed E-state index contributed by atoms with van der Waals surface area (Å²) >= 11 is 0. The van der Waals surface area contributed by atoms with Gasteiger partial charge in [-0.1, -0.05) is 39.3 Å². The minimum absolute atomic E-state index is 0.0611. The molecule has 36 heavy (non-hydrogen) atoms. The molecule has 6 aliphatic rings. The Hall–Kier alpha value is -1.36. The molecule has 5 fully saturated rings. The highest BCUT2D eigenvalue weighted by Gasteiger charge is 2.69. The summed E-state index contributed by atoms with van der Waals surface area (Å²) in [4.78, 5) is 26.5. The average Bonchev–Trinajstić information content (AvgIpc) is 3.26. The van der Waals surface area contributed by atoms with E-state index in [1.165, 1.54) is 26.2 Å². The molecule has 2 heterocycles. The van der Waals surface area contributed by atoms with E-state index >= 15 is 0 Å². The van der Waals surface area contributed by atoms with E-state index in [1.807, 2.05) is 0 Å². The minimum atomic E-state index is -0.390. The molecule has 200 valence electrons. The molecule has 2 aliphatic heterocycles. The molecule has 5 nitrogen and oxygen atoms in total. The van der Waals surface area contributed by atoms with E-state index in [9.17, 15) is 9.59 Å². The Bertz CT molecular complexity index is 976. The molecule has 1 amide bonds. The standard InChI is InChI=1S/C31H47NO4/c1-18-9-14-31(32(17-18)20(3)33)19(2)28-27(36-31)16-26-24-8-7-22-15-23(35-21(4)34)10-12-29(22,5)25(24)11-13-30(26,28)6/h7,18-19,23-28H,8-17H2,1-6H3/t18-,19-,23+,24+,25-,26-,27-,28-,29+,30+,31+/m1/s1. The van der Waals surface area contributed by atoms with Crippen LogP contribution in [0.25, 0.3) is 0 Å². The molecule has 1 spiro atoms. The van der Waals surface area contributed by atoms with Gasteiger partial charge in [0, 0.05) is 32.7 Å². The Labute approximate surface area is 217 Å². The van der Waals surface area contributed by atoms with Crippen molar-refractivity contribution in [1.29, 1.82) is 0 Å². The molecule has 5 heteroatoms. The molecule has 6 rings (SSSR count). The quantitative estimate of drug-likeness (QED) is 0.324. The van der Waals surface area contributed by atoms with Crippen molar-refractivity contribution in [1.82, 2.24) is 4.90 Å². The summed E-state index contributed by atoms with van der Waals surface area (Å²) < 4.78 is 12.7. The molecule has 11 atom stereocenters. The van der Waals surface area contributed by atoms with Gasteiger partial charge >= 0.3 is 5.97 Å². The van der Waals surface area contributed by atoms with Crippen LogP contribution < -0.4 is 0 Å². The zero-order valence-electron chi connectivity index (χ0n) is 23.3. The Morgan fingerprint density at radius 2 is 1.83 bits per heavy atom. The summed E-state index contributed by atoms with van der Waals surface area (Å²) in [7, 11) is 0. The van der Waals surface area contributed by atoms with Crippen LogP contribution in [0.2, 0.25) is 0 Å². The first-order chi connectivity index (χ1) is 17.0. The molecule has 4 aliphatic carbocycles. The number of amides is 1. The van der Waals surface area contributed by atoms with Crippen LogP contribution in [0, 0.1) is 46.3 Å². The summed E-state index contributed by atoms with van der Waals surface area (Å²) in [6.45, 7) is 13.9. The lowest BCUT2D eigenvalue weighted by Gasteiger charge is -2.59.